The van der Waals surface area contributed by atoms with Crippen molar-refractivity contribution in [2.75, 3.05) is 13.2 Å². The Morgan fingerprint density at radius 3 is 1.64 bits per heavy atom. The summed E-state index contributed by atoms with van der Waals surface area (Å²) >= 11 is 0. The Labute approximate surface area is 275 Å². The first-order chi connectivity index (χ1) is 22.6. The molecule has 2 atom stereocenters. The second-order valence-corrected chi connectivity index (χ2v) is 11.4. The molecule has 0 aliphatic heterocycles. The van der Waals surface area contributed by atoms with Gasteiger partial charge in [-0.05, 0) is 51.0 Å². The summed E-state index contributed by atoms with van der Waals surface area (Å²) in [7, 11) is 0. The quantitative estimate of drug-likeness (QED) is 0.0902. The molecule has 12 heteroatoms. The van der Waals surface area contributed by atoms with E-state index < -0.39 is 29.8 Å². The van der Waals surface area contributed by atoms with Crippen LogP contribution in [0.1, 0.15) is 91.9 Å². The molecule has 0 saturated heterocycles. The maximum Gasteiger partial charge on any atom is 0.348 e. The highest BCUT2D eigenvalue weighted by Crippen LogP contribution is 2.34. The number of unbranched alkanes of at least 4 members (excludes halogenated alkanes) is 8. The lowest BCUT2D eigenvalue weighted by atomic mass is 10.1. The summed E-state index contributed by atoms with van der Waals surface area (Å²) in [5, 5.41) is 21.5. The Hall–Kier alpha value is -4.61. The van der Waals surface area contributed by atoms with Crippen LogP contribution in [0, 0.1) is 0 Å². The van der Waals surface area contributed by atoms with Gasteiger partial charge in [0.05, 0.1) is 24.3 Å². The molecule has 3 N–H and O–H groups in total. The molecule has 0 spiro atoms. The van der Waals surface area contributed by atoms with Gasteiger partial charge in [0.2, 0.25) is 0 Å². The summed E-state index contributed by atoms with van der Waals surface area (Å²) in [4.78, 5) is 47.8. The van der Waals surface area contributed by atoms with Crippen LogP contribution in [0.15, 0.2) is 41.2 Å². The number of phenols is 2. The number of nitrogens with zero attached hydrogens (tertiary/aromatic N) is 2. The van der Waals surface area contributed by atoms with Crippen LogP contribution in [-0.4, -0.2) is 62.5 Å². The van der Waals surface area contributed by atoms with Crippen molar-refractivity contribution in [3.05, 3.63) is 46.9 Å². The number of carbonyl (C=O) groups excluding carboxylic acids is 2. The van der Waals surface area contributed by atoms with E-state index >= 15 is 0 Å². The number of carbonyl (C=O) groups is 2. The second-order valence-electron chi connectivity index (χ2n) is 11.4. The summed E-state index contributed by atoms with van der Waals surface area (Å²) in [6.45, 7) is 8.03. The van der Waals surface area contributed by atoms with Crippen molar-refractivity contribution >= 4 is 11.9 Å². The number of benzene rings is 2. The van der Waals surface area contributed by atoms with Gasteiger partial charge in [-0.25, -0.2) is 19.4 Å². The average molecular weight is 654 g/mol. The van der Waals surface area contributed by atoms with Crippen molar-refractivity contribution in [3.63, 3.8) is 0 Å². The number of aromatic nitrogens is 3. The summed E-state index contributed by atoms with van der Waals surface area (Å²) in [5.41, 5.74) is -0.469. The number of ether oxygens (including phenoxy) is 4. The van der Waals surface area contributed by atoms with Gasteiger partial charge in [0, 0.05) is 12.1 Å². The number of aromatic amines is 1. The van der Waals surface area contributed by atoms with Crippen molar-refractivity contribution in [3.8, 4) is 45.8 Å². The van der Waals surface area contributed by atoms with E-state index in [9.17, 15) is 24.6 Å². The van der Waals surface area contributed by atoms with Crippen LogP contribution in [0.3, 0.4) is 0 Å². The van der Waals surface area contributed by atoms with E-state index in [0.717, 1.165) is 64.2 Å². The van der Waals surface area contributed by atoms with Crippen molar-refractivity contribution < 1.29 is 38.7 Å². The first-order valence-electron chi connectivity index (χ1n) is 16.4. The normalized spacial score (nSPS) is 12.3. The molecule has 0 saturated carbocycles. The molecule has 256 valence electrons. The summed E-state index contributed by atoms with van der Waals surface area (Å²) < 4.78 is 21.9. The van der Waals surface area contributed by atoms with E-state index in [1.807, 2.05) is 0 Å². The van der Waals surface area contributed by atoms with Gasteiger partial charge in [0.1, 0.15) is 28.8 Å². The van der Waals surface area contributed by atoms with E-state index in [0.29, 0.717) is 13.2 Å². The molecule has 0 aliphatic carbocycles. The molecule has 2 aromatic carbocycles. The van der Waals surface area contributed by atoms with Crippen molar-refractivity contribution in [2.24, 2.45) is 0 Å². The predicted molar refractivity (Wildman–Crippen MR) is 176 cm³/mol. The largest absolute Gasteiger partial charge is 0.507 e. The van der Waals surface area contributed by atoms with Gasteiger partial charge in [-0.15, -0.1) is 0 Å². The maximum atomic E-state index is 12.5. The highest BCUT2D eigenvalue weighted by Gasteiger charge is 2.20. The van der Waals surface area contributed by atoms with Crippen LogP contribution in [0.2, 0.25) is 0 Å². The Bertz CT molecular complexity index is 1400. The van der Waals surface area contributed by atoms with Gasteiger partial charge in [0.25, 0.3) is 0 Å². The first kappa shape index (κ1) is 36.9. The Morgan fingerprint density at radius 2 is 1.17 bits per heavy atom. The molecule has 47 heavy (non-hydrogen) atoms. The smallest absolute Gasteiger partial charge is 0.348 e. The molecule has 2 unspecified atom stereocenters. The summed E-state index contributed by atoms with van der Waals surface area (Å²) in [5.74, 6) is -1.26. The predicted octanol–water partition coefficient (Wildman–Crippen LogP) is 6.47. The van der Waals surface area contributed by atoms with Crippen LogP contribution in [0.4, 0.5) is 0 Å². The molecule has 12 nitrogen and oxygen atoms in total. The third kappa shape index (κ3) is 11.9. The van der Waals surface area contributed by atoms with Crippen LogP contribution in [0.25, 0.3) is 22.8 Å². The lowest BCUT2D eigenvalue weighted by molar-refractivity contribution is -0.152. The lowest BCUT2D eigenvalue weighted by Gasteiger charge is -2.15. The van der Waals surface area contributed by atoms with E-state index in [4.69, 9.17) is 18.9 Å². The van der Waals surface area contributed by atoms with Crippen molar-refractivity contribution in [2.45, 2.75) is 104 Å². The number of rotatable bonds is 20. The number of H-pyrrole nitrogens is 1. The molecule has 3 aromatic rings. The molecule has 0 amide bonds. The number of esters is 2. The van der Waals surface area contributed by atoms with Gasteiger partial charge in [-0.1, -0.05) is 65.2 Å². The first-order valence-corrected chi connectivity index (χ1v) is 16.4. The fraction of sp³-hybridized carbons (Fsp3) is 0.514. The van der Waals surface area contributed by atoms with E-state index in [1.165, 1.54) is 36.4 Å². The van der Waals surface area contributed by atoms with Gasteiger partial charge in [-0.2, -0.15) is 4.98 Å². The fourth-order valence-corrected chi connectivity index (χ4v) is 4.69. The Morgan fingerprint density at radius 1 is 0.702 bits per heavy atom. The summed E-state index contributed by atoms with van der Waals surface area (Å²) in [6.07, 6.45) is 8.55. The minimum atomic E-state index is -0.901. The highest BCUT2D eigenvalue weighted by molar-refractivity contribution is 5.75. The Balaban J connectivity index is 1.63. The number of aromatic hydroxyl groups is 2. The number of hydrogen-bond acceptors (Lipinski definition) is 11. The van der Waals surface area contributed by atoms with Crippen LogP contribution < -0.4 is 15.2 Å². The van der Waals surface area contributed by atoms with E-state index in [-0.39, 0.29) is 45.8 Å². The monoisotopic (exact) mass is 653 g/mol. The average Bonchev–Trinajstić information content (AvgIpc) is 3.03. The minimum absolute atomic E-state index is 0.00892. The van der Waals surface area contributed by atoms with E-state index in [1.54, 1.807) is 13.8 Å². The molecular weight excluding hydrogens is 606 g/mol. The minimum Gasteiger partial charge on any atom is -0.507 e. The molecule has 1 heterocycles. The molecule has 0 aliphatic rings. The fourth-order valence-electron chi connectivity index (χ4n) is 4.69. The van der Waals surface area contributed by atoms with Gasteiger partial charge in [0.15, 0.2) is 18.0 Å². The van der Waals surface area contributed by atoms with Gasteiger partial charge < -0.3 is 29.2 Å². The molecule has 0 fully saturated rings. The third-order valence-corrected chi connectivity index (χ3v) is 7.36. The van der Waals surface area contributed by atoms with Gasteiger partial charge in [-0.3, -0.25) is 4.98 Å². The zero-order valence-electron chi connectivity index (χ0n) is 27.8. The molecule has 3 rings (SSSR count). The van der Waals surface area contributed by atoms with Crippen LogP contribution in [0.5, 0.6) is 23.0 Å². The number of phenolic OH excluding ortho intramolecular Hbond substituents is 2. The summed E-state index contributed by atoms with van der Waals surface area (Å²) in [6, 6.07) is 8.54. The topological polar surface area (TPSA) is 170 Å². The van der Waals surface area contributed by atoms with Crippen molar-refractivity contribution in [1.82, 2.24) is 15.0 Å². The Kier molecular flexibility index (Phi) is 15.0. The number of nitrogens with one attached hydrogen (secondary N) is 1. The molecule has 0 radical (unpaired) electrons. The SMILES string of the molecule is CCCCCCCOC(=O)C(C)Oc1ccc(-c2nc(-c3ccc(OC(C)C(=O)OCCCCCCC)cc3O)[nH]c(=O)n2)c(O)c1. The van der Waals surface area contributed by atoms with Crippen LogP contribution in [-0.2, 0) is 19.1 Å². The molecule has 0 bridgehead atoms. The third-order valence-electron chi connectivity index (χ3n) is 7.36. The maximum absolute atomic E-state index is 12.5. The zero-order chi connectivity index (χ0) is 34.2. The number of hydrogen-bond donors (Lipinski definition) is 3. The lowest BCUT2D eigenvalue weighted by Crippen LogP contribution is -2.26. The molecule has 1 aromatic heterocycles. The molecular formula is C35H47N3O9. The second kappa shape index (κ2) is 19.1. The zero-order valence-corrected chi connectivity index (χ0v) is 27.8. The highest BCUT2D eigenvalue weighted by atomic mass is 16.6. The van der Waals surface area contributed by atoms with Crippen molar-refractivity contribution in [1.29, 1.82) is 0 Å². The van der Waals surface area contributed by atoms with E-state index in [2.05, 4.69) is 28.8 Å². The van der Waals surface area contributed by atoms with Gasteiger partial charge >= 0.3 is 17.6 Å². The standard InChI is InChI=1S/C35H47N3O9/c1-5-7-9-11-13-19-44-33(41)23(3)46-25-15-17-27(29(39)21-25)31-36-32(38-35(43)37-31)28-18-16-26(22-30(28)40)47-24(4)34(42)45-20-14-12-10-8-6-2/h15-18,21-24,39-40H,5-14,19-20H2,1-4H3,(H,36,37,38,43). The van der Waals surface area contributed by atoms with Crippen LogP contribution >= 0.6 is 0 Å².